The lowest BCUT2D eigenvalue weighted by Gasteiger charge is -2.20. The minimum Gasteiger partial charge on any atom is -0.469 e. The van der Waals surface area contributed by atoms with Gasteiger partial charge in [-0.25, -0.2) is 0 Å². The van der Waals surface area contributed by atoms with Crippen molar-refractivity contribution < 1.29 is 14.6 Å². The van der Waals surface area contributed by atoms with Gasteiger partial charge in [-0.15, -0.1) is 0 Å². The molecule has 0 aliphatic carbocycles. The van der Waals surface area contributed by atoms with Crippen molar-refractivity contribution >= 4 is 5.97 Å². The molecule has 0 rings (SSSR count). The summed E-state index contributed by atoms with van der Waals surface area (Å²) in [5, 5.41) is 10.9. The van der Waals surface area contributed by atoms with Gasteiger partial charge in [-0.05, 0) is 64.2 Å². The van der Waals surface area contributed by atoms with E-state index < -0.39 is 6.10 Å². The number of hydrogen-bond donors (Lipinski definition) is 1. The van der Waals surface area contributed by atoms with Gasteiger partial charge < -0.3 is 9.84 Å². The normalized spacial score (nSPS) is 12.7. The van der Waals surface area contributed by atoms with Crippen molar-refractivity contribution in [3.05, 3.63) is 24.3 Å². The topological polar surface area (TPSA) is 46.5 Å². The van der Waals surface area contributed by atoms with Crippen LogP contribution in [0.2, 0.25) is 0 Å². The summed E-state index contributed by atoms with van der Waals surface area (Å²) >= 11 is 0. The van der Waals surface area contributed by atoms with Crippen LogP contribution in [-0.4, -0.2) is 24.3 Å². The molecule has 0 amide bonds. The van der Waals surface area contributed by atoms with Crippen molar-refractivity contribution in [2.75, 3.05) is 7.11 Å². The summed E-state index contributed by atoms with van der Waals surface area (Å²) in [5.41, 5.74) is 0. The fraction of sp³-hybridized carbons (Fsp3) is 0.932. The number of unbranched alkanes of at least 4 members (excludes halogenated alkanes) is 57. The molecule has 76 heavy (non-hydrogen) atoms. The van der Waals surface area contributed by atoms with Crippen molar-refractivity contribution in [3.8, 4) is 0 Å². The minimum absolute atomic E-state index is 0.214. The zero-order chi connectivity index (χ0) is 54.8. The van der Waals surface area contributed by atoms with Gasteiger partial charge in [-0.3, -0.25) is 4.79 Å². The molecule has 0 aromatic carbocycles. The van der Waals surface area contributed by atoms with Crippen molar-refractivity contribution in [1.82, 2.24) is 0 Å². The van der Waals surface area contributed by atoms with Crippen LogP contribution >= 0.6 is 0 Å². The molecule has 0 radical (unpaired) electrons. The lowest BCUT2D eigenvalue weighted by atomic mass is 9.91. The van der Waals surface area contributed by atoms with Crippen LogP contribution in [0.3, 0.4) is 0 Å². The van der Waals surface area contributed by atoms with Crippen LogP contribution in [0.4, 0.5) is 0 Å². The van der Waals surface area contributed by atoms with Gasteiger partial charge in [-0.1, -0.05) is 378 Å². The Morgan fingerprint density at radius 2 is 0.447 bits per heavy atom. The largest absolute Gasteiger partial charge is 0.469 e. The van der Waals surface area contributed by atoms with Gasteiger partial charge in [0.15, 0.2) is 0 Å². The van der Waals surface area contributed by atoms with E-state index in [0.29, 0.717) is 0 Å². The summed E-state index contributed by atoms with van der Waals surface area (Å²) in [6.07, 6.45) is 95.3. The Morgan fingerprint density at radius 1 is 0.276 bits per heavy atom. The van der Waals surface area contributed by atoms with Crippen LogP contribution in [-0.2, 0) is 9.53 Å². The quantitative estimate of drug-likeness (QED) is 0.0375. The SMILES string of the molecule is CCCCCCCCCCCCCCCCC=CCCCCCCCCCCCCC=CCCCCCCCCCCCCCCCCCC(O)C(CCCCCCCCCCCCCCCCCCCC)C(=O)OC. The maximum absolute atomic E-state index is 12.5. The Bertz CT molecular complexity index is 1110. The number of rotatable bonds is 67. The zero-order valence-electron chi connectivity index (χ0n) is 52.8. The summed E-state index contributed by atoms with van der Waals surface area (Å²) in [6, 6.07) is 0. The third-order valence-electron chi connectivity index (χ3n) is 17.3. The van der Waals surface area contributed by atoms with E-state index in [0.717, 1.165) is 32.1 Å². The first kappa shape index (κ1) is 74.9. The molecular weight excluding hydrogens is 925 g/mol. The standard InChI is InChI=1S/C73H142O3/c1-4-6-8-10-12-14-16-18-20-22-24-25-26-27-28-29-30-31-32-33-34-35-36-37-38-39-40-41-42-43-44-45-46-47-48-49-50-51-52-54-56-58-60-62-64-66-68-70-72(74)71(73(75)76-3)69-67-65-63-61-59-57-55-53-23-21-19-17-15-13-11-9-7-5-2/h29-30,43-44,71-72,74H,4-28,31-42,45-70H2,1-3H3. The second-order valence-electron chi connectivity index (χ2n) is 24.8. The van der Waals surface area contributed by atoms with Gasteiger partial charge in [0.1, 0.15) is 0 Å². The molecule has 3 heteroatoms. The molecule has 0 aromatic heterocycles. The third kappa shape index (κ3) is 62.1. The van der Waals surface area contributed by atoms with Gasteiger partial charge in [0, 0.05) is 0 Å². The van der Waals surface area contributed by atoms with E-state index in [2.05, 4.69) is 38.2 Å². The molecule has 0 aliphatic heterocycles. The van der Waals surface area contributed by atoms with Crippen molar-refractivity contribution in [1.29, 1.82) is 0 Å². The first-order chi connectivity index (χ1) is 37.7. The monoisotopic (exact) mass is 1070 g/mol. The zero-order valence-corrected chi connectivity index (χ0v) is 52.8. The Kier molecular flexibility index (Phi) is 67.2. The number of esters is 1. The molecule has 0 saturated heterocycles. The average Bonchev–Trinajstić information content (AvgIpc) is 3.43. The summed E-state index contributed by atoms with van der Waals surface area (Å²) in [6.45, 7) is 4.60. The molecule has 0 bridgehead atoms. The van der Waals surface area contributed by atoms with E-state index in [9.17, 15) is 9.90 Å². The molecule has 2 unspecified atom stereocenters. The van der Waals surface area contributed by atoms with Crippen LogP contribution in [0.15, 0.2) is 24.3 Å². The lowest BCUT2D eigenvalue weighted by Crippen LogP contribution is -2.29. The molecule has 0 spiro atoms. The van der Waals surface area contributed by atoms with Crippen LogP contribution < -0.4 is 0 Å². The number of ether oxygens (including phenoxy) is 1. The number of allylic oxidation sites excluding steroid dienone is 4. The van der Waals surface area contributed by atoms with Gasteiger partial charge in [0.05, 0.1) is 19.1 Å². The van der Waals surface area contributed by atoms with Crippen LogP contribution in [0.25, 0.3) is 0 Å². The van der Waals surface area contributed by atoms with Gasteiger partial charge in [0.2, 0.25) is 0 Å². The molecule has 0 saturated carbocycles. The Morgan fingerprint density at radius 3 is 0.645 bits per heavy atom. The van der Waals surface area contributed by atoms with Crippen molar-refractivity contribution in [3.63, 3.8) is 0 Å². The molecule has 1 N–H and O–H groups in total. The molecular formula is C73H142O3. The highest BCUT2D eigenvalue weighted by molar-refractivity contribution is 5.72. The van der Waals surface area contributed by atoms with Crippen molar-refractivity contribution in [2.24, 2.45) is 5.92 Å². The predicted octanol–water partition coefficient (Wildman–Crippen LogP) is 25.9. The third-order valence-corrected chi connectivity index (χ3v) is 17.3. The van der Waals surface area contributed by atoms with Gasteiger partial charge in [0.25, 0.3) is 0 Å². The number of aliphatic hydroxyl groups excluding tert-OH is 1. The van der Waals surface area contributed by atoms with Crippen LogP contribution in [0.1, 0.15) is 418 Å². The van der Waals surface area contributed by atoms with Crippen LogP contribution in [0.5, 0.6) is 0 Å². The maximum atomic E-state index is 12.5. The Balaban J connectivity index is 3.39. The first-order valence-electron chi connectivity index (χ1n) is 35.7. The number of carbonyl (C=O) groups excluding carboxylic acids is 1. The predicted molar refractivity (Wildman–Crippen MR) is 342 cm³/mol. The number of hydrogen-bond acceptors (Lipinski definition) is 3. The first-order valence-corrected chi connectivity index (χ1v) is 35.7. The molecule has 0 heterocycles. The fourth-order valence-corrected chi connectivity index (χ4v) is 11.9. The number of methoxy groups -OCH3 is 1. The minimum atomic E-state index is -0.554. The van der Waals surface area contributed by atoms with Gasteiger partial charge >= 0.3 is 5.97 Å². The molecule has 3 nitrogen and oxygen atoms in total. The van der Waals surface area contributed by atoms with Crippen molar-refractivity contribution in [2.45, 2.75) is 424 Å². The van der Waals surface area contributed by atoms with E-state index in [1.165, 1.54) is 380 Å². The van der Waals surface area contributed by atoms with E-state index in [1.807, 2.05) is 0 Å². The maximum Gasteiger partial charge on any atom is 0.311 e. The van der Waals surface area contributed by atoms with Crippen LogP contribution in [0, 0.1) is 5.92 Å². The van der Waals surface area contributed by atoms with E-state index in [4.69, 9.17) is 4.74 Å². The highest BCUT2D eigenvalue weighted by atomic mass is 16.5. The van der Waals surface area contributed by atoms with E-state index in [-0.39, 0.29) is 11.9 Å². The Labute approximate surface area is 480 Å². The highest BCUT2D eigenvalue weighted by Crippen LogP contribution is 2.23. The summed E-state index contributed by atoms with van der Waals surface area (Å²) in [4.78, 5) is 12.5. The molecule has 0 aliphatic rings. The second-order valence-corrected chi connectivity index (χ2v) is 24.8. The molecule has 0 aromatic rings. The summed E-state index contributed by atoms with van der Waals surface area (Å²) in [7, 11) is 1.47. The Hall–Kier alpha value is -1.09. The summed E-state index contributed by atoms with van der Waals surface area (Å²) < 4.78 is 5.10. The summed E-state index contributed by atoms with van der Waals surface area (Å²) in [5.74, 6) is -0.562. The number of aliphatic hydroxyl groups is 1. The molecule has 452 valence electrons. The molecule has 0 fully saturated rings. The van der Waals surface area contributed by atoms with E-state index >= 15 is 0 Å². The molecule has 2 atom stereocenters. The average molecular weight is 1070 g/mol. The van der Waals surface area contributed by atoms with Gasteiger partial charge in [-0.2, -0.15) is 0 Å². The highest BCUT2D eigenvalue weighted by Gasteiger charge is 2.26. The number of carbonyl (C=O) groups is 1. The van der Waals surface area contributed by atoms with E-state index in [1.54, 1.807) is 0 Å². The lowest BCUT2D eigenvalue weighted by molar-refractivity contribution is -0.150. The smallest absolute Gasteiger partial charge is 0.311 e. The fourth-order valence-electron chi connectivity index (χ4n) is 11.9. The second kappa shape index (κ2) is 68.2.